The molecular weight excluding hydrogens is 180 g/mol. The topological polar surface area (TPSA) is 9.23 Å². The third kappa shape index (κ3) is 4.29. The van der Waals surface area contributed by atoms with E-state index in [-0.39, 0.29) is 0 Å². The Balaban J connectivity index is 2.44. The molecule has 0 amide bonds. The quantitative estimate of drug-likeness (QED) is 0.497. The van der Waals surface area contributed by atoms with E-state index in [4.69, 9.17) is 17.0 Å². The fourth-order valence-corrected chi connectivity index (χ4v) is 0.856. The van der Waals surface area contributed by atoms with Crippen LogP contribution in [0.25, 0.3) is 0 Å². The largest absolute Gasteiger partial charge is 0.475 e. The van der Waals surface area contributed by atoms with E-state index in [0.29, 0.717) is 11.7 Å². The third-order valence-electron chi connectivity index (χ3n) is 1.35. The first-order valence-corrected chi connectivity index (χ1v) is 4.37. The lowest BCUT2D eigenvalue weighted by atomic mass is 10.2. The molecule has 0 heterocycles. The predicted octanol–water partition coefficient (Wildman–Crippen LogP) is 2.40. The van der Waals surface area contributed by atoms with Gasteiger partial charge in [0, 0.05) is 12.5 Å². The standard InChI is InChI=1S/C11H10OS/c1-10(13)12-9-5-8-11-6-3-2-4-7-11/h2-4,6-7H,9H2,1H3. The van der Waals surface area contributed by atoms with E-state index in [0.717, 1.165) is 5.56 Å². The van der Waals surface area contributed by atoms with Crippen molar-refractivity contribution < 1.29 is 4.74 Å². The van der Waals surface area contributed by atoms with Gasteiger partial charge in [-0.15, -0.1) is 0 Å². The van der Waals surface area contributed by atoms with Gasteiger partial charge < -0.3 is 4.74 Å². The van der Waals surface area contributed by atoms with E-state index in [1.165, 1.54) is 0 Å². The van der Waals surface area contributed by atoms with Crippen LogP contribution in [-0.2, 0) is 4.74 Å². The molecule has 0 unspecified atom stereocenters. The highest BCUT2D eigenvalue weighted by atomic mass is 32.1. The number of benzene rings is 1. The van der Waals surface area contributed by atoms with Gasteiger partial charge in [-0.2, -0.15) is 0 Å². The number of thiocarbonyl (C=S) groups is 1. The minimum absolute atomic E-state index is 0.365. The Morgan fingerprint density at radius 2 is 2.08 bits per heavy atom. The number of ether oxygens (including phenoxy) is 1. The van der Waals surface area contributed by atoms with Crippen molar-refractivity contribution in [2.24, 2.45) is 0 Å². The highest BCUT2D eigenvalue weighted by Gasteiger charge is 1.83. The molecule has 2 heteroatoms. The SMILES string of the molecule is CC(=S)OCC#Cc1ccccc1. The first-order valence-electron chi connectivity index (χ1n) is 3.96. The maximum Gasteiger partial charge on any atom is 0.158 e. The van der Waals surface area contributed by atoms with Gasteiger partial charge in [-0.25, -0.2) is 0 Å². The van der Waals surface area contributed by atoms with Crippen LogP contribution in [0.4, 0.5) is 0 Å². The Bertz CT molecular complexity index is 332. The van der Waals surface area contributed by atoms with Crippen molar-refractivity contribution in [2.75, 3.05) is 6.61 Å². The summed E-state index contributed by atoms with van der Waals surface area (Å²) in [5.41, 5.74) is 0.994. The van der Waals surface area contributed by atoms with Crippen molar-refractivity contribution in [2.45, 2.75) is 6.92 Å². The summed E-state index contributed by atoms with van der Waals surface area (Å²) in [6.07, 6.45) is 0. The second-order valence-electron chi connectivity index (χ2n) is 2.45. The molecule has 0 aliphatic carbocycles. The lowest BCUT2D eigenvalue weighted by molar-refractivity contribution is 0.365. The monoisotopic (exact) mass is 190 g/mol. The van der Waals surface area contributed by atoms with Crippen LogP contribution in [0.15, 0.2) is 30.3 Å². The second-order valence-corrected chi connectivity index (χ2v) is 3.02. The van der Waals surface area contributed by atoms with Gasteiger partial charge in [0.2, 0.25) is 0 Å². The molecule has 0 saturated heterocycles. The van der Waals surface area contributed by atoms with Gasteiger partial charge in [0.1, 0.15) is 6.61 Å². The molecule has 1 rings (SSSR count). The number of hydrogen-bond donors (Lipinski definition) is 0. The molecule has 0 aromatic heterocycles. The molecule has 0 spiro atoms. The summed E-state index contributed by atoms with van der Waals surface area (Å²) in [5.74, 6) is 5.84. The van der Waals surface area contributed by atoms with Crippen LogP contribution < -0.4 is 0 Å². The zero-order valence-electron chi connectivity index (χ0n) is 7.41. The summed E-state index contributed by atoms with van der Waals surface area (Å²) in [5, 5.41) is 0.530. The van der Waals surface area contributed by atoms with Crippen LogP contribution in [0.2, 0.25) is 0 Å². The average Bonchev–Trinajstić information content (AvgIpc) is 2.14. The number of hydrogen-bond acceptors (Lipinski definition) is 2. The van der Waals surface area contributed by atoms with Crippen molar-refractivity contribution in [1.82, 2.24) is 0 Å². The van der Waals surface area contributed by atoms with Gasteiger partial charge in [0.05, 0.1) is 0 Å². The van der Waals surface area contributed by atoms with Crippen molar-refractivity contribution in [1.29, 1.82) is 0 Å². The van der Waals surface area contributed by atoms with Gasteiger partial charge in [-0.3, -0.25) is 0 Å². The van der Waals surface area contributed by atoms with E-state index in [2.05, 4.69) is 11.8 Å². The molecule has 1 aromatic rings. The molecule has 0 aliphatic rings. The Morgan fingerprint density at radius 3 is 2.69 bits per heavy atom. The Morgan fingerprint density at radius 1 is 1.38 bits per heavy atom. The molecule has 13 heavy (non-hydrogen) atoms. The summed E-state index contributed by atoms with van der Waals surface area (Å²) >= 11 is 4.74. The summed E-state index contributed by atoms with van der Waals surface area (Å²) in [6, 6.07) is 9.78. The highest BCUT2D eigenvalue weighted by molar-refractivity contribution is 7.80. The maximum absolute atomic E-state index is 5.02. The minimum Gasteiger partial charge on any atom is -0.475 e. The van der Waals surface area contributed by atoms with Crippen LogP contribution in [0, 0.1) is 11.8 Å². The van der Waals surface area contributed by atoms with Crippen LogP contribution in [-0.4, -0.2) is 11.7 Å². The zero-order chi connectivity index (χ0) is 9.52. The summed E-state index contributed by atoms with van der Waals surface area (Å²) < 4.78 is 5.02. The van der Waals surface area contributed by atoms with Gasteiger partial charge in [0.25, 0.3) is 0 Å². The van der Waals surface area contributed by atoms with Crippen LogP contribution >= 0.6 is 12.2 Å². The van der Waals surface area contributed by atoms with Crippen LogP contribution in [0.5, 0.6) is 0 Å². The highest BCUT2D eigenvalue weighted by Crippen LogP contribution is 1.94. The van der Waals surface area contributed by atoms with Crippen molar-refractivity contribution in [3.63, 3.8) is 0 Å². The Kier molecular flexibility index (Phi) is 4.01. The van der Waals surface area contributed by atoms with E-state index in [1.54, 1.807) is 6.92 Å². The van der Waals surface area contributed by atoms with Gasteiger partial charge in [-0.05, 0) is 24.4 Å². The molecule has 66 valence electrons. The van der Waals surface area contributed by atoms with Gasteiger partial charge >= 0.3 is 0 Å². The van der Waals surface area contributed by atoms with E-state index in [9.17, 15) is 0 Å². The predicted molar refractivity (Wildman–Crippen MR) is 57.5 cm³/mol. The molecule has 1 nitrogen and oxygen atoms in total. The summed E-state index contributed by atoms with van der Waals surface area (Å²) in [6.45, 7) is 2.10. The van der Waals surface area contributed by atoms with Crippen molar-refractivity contribution >= 4 is 17.3 Å². The Labute approximate surface area is 83.7 Å². The fraction of sp³-hybridized carbons (Fsp3) is 0.182. The normalized spacial score (nSPS) is 8.38. The molecule has 0 aliphatic heterocycles. The Hall–Kier alpha value is -1.33. The van der Waals surface area contributed by atoms with E-state index < -0.39 is 0 Å². The molecule has 0 saturated carbocycles. The fourth-order valence-electron chi connectivity index (χ4n) is 0.797. The first-order chi connectivity index (χ1) is 6.29. The van der Waals surface area contributed by atoms with Crippen molar-refractivity contribution in [3.8, 4) is 11.8 Å². The molecule has 0 atom stereocenters. The molecule has 0 radical (unpaired) electrons. The first kappa shape index (κ1) is 9.76. The lowest BCUT2D eigenvalue weighted by Gasteiger charge is -1.94. The number of rotatable bonds is 1. The summed E-state index contributed by atoms with van der Waals surface area (Å²) in [4.78, 5) is 0. The van der Waals surface area contributed by atoms with Crippen LogP contribution in [0.3, 0.4) is 0 Å². The van der Waals surface area contributed by atoms with Crippen molar-refractivity contribution in [3.05, 3.63) is 35.9 Å². The third-order valence-corrected chi connectivity index (χ3v) is 1.47. The molecular formula is C11H10OS. The van der Waals surface area contributed by atoms with Gasteiger partial charge in [0.15, 0.2) is 5.05 Å². The van der Waals surface area contributed by atoms with Gasteiger partial charge in [-0.1, -0.05) is 30.0 Å². The molecule has 0 N–H and O–H groups in total. The lowest BCUT2D eigenvalue weighted by Crippen LogP contribution is -1.95. The van der Waals surface area contributed by atoms with E-state index in [1.807, 2.05) is 30.3 Å². The second kappa shape index (κ2) is 5.34. The molecule has 1 aromatic carbocycles. The minimum atomic E-state index is 0.365. The van der Waals surface area contributed by atoms with E-state index >= 15 is 0 Å². The van der Waals surface area contributed by atoms with Crippen LogP contribution in [0.1, 0.15) is 12.5 Å². The molecule has 0 bridgehead atoms. The zero-order valence-corrected chi connectivity index (χ0v) is 8.23. The average molecular weight is 190 g/mol. The molecule has 0 fully saturated rings. The summed E-state index contributed by atoms with van der Waals surface area (Å²) in [7, 11) is 0. The maximum atomic E-state index is 5.02. The smallest absolute Gasteiger partial charge is 0.158 e.